The number of rotatable bonds is 1. The smallest absolute Gasteiger partial charge is 0.118 e. The third kappa shape index (κ3) is 1.76. The zero-order chi connectivity index (χ0) is 12.9. The SMILES string of the molecule is FC(F)(F)[s+]1c(C2=CC=C2)cc2ccc(Cl)cc21. The van der Waals surface area contributed by atoms with Crippen molar-refractivity contribution < 1.29 is 13.2 Å². The van der Waals surface area contributed by atoms with Gasteiger partial charge in [-0.05, 0) is 24.3 Å². The maximum Gasteiger partial charge on any atom is 0.601 e. The molecule has 0 saturated heterocycles. The zero-order valence-electron chi connectivity index (χ0n) is 8.96. The maximum absolute atomic E-state index is 13.2. The van der Waals surface area contributed by atoms with Crippen molar-refractivity contribution in [3.63, 3.8) is 0 Å². The molecule has 18 heavy (non-hydrogen) atoms. The van der Waals surface area contributed by atoms with Gasteiger partial charge < -0.3 is 0 Å². The van der Waals surface area contributed by atoms with E-state index in [1.165, 1.54) is 6.07 Å². The van der Waals surface area contributed by atoms with E-state index >= 15 is 0 Å². The number of thiophene rings is 1. The first-order valence-corrected chi connectivity index (χ1v) is 6.78. The molecule has 0 bridgehead atoms. The first-order chi connectivity index (χ1) is 8.47. The van der Waals surface area contributed by atoms with Crippen molar-refractivity contribution in [1.29, 1.82) is 0 Å². The zero-order valence-corrected chi connectivity index (χ0v) is 10.5. The molecule has 0 fully saturated rings. The Bertz CT molecular complexity index is 692. The molecule has 5 heteroatoms. The van der Waals surface area contributed by atoms with Gasteiger partial charge in [0.15, 0.2) is 9.58 Å². The van der Waals surface area contributed by atoms with Crippen molar-refractivity contribution in [2.24, 2.45) is 0 Å². The average molecular weight is 288 g/mol. The third-order valence-electron chi connectivity index (χ3n) is 2.77. The largest absolute Gasteiger partial charge is 0.601 e. The molecule has 0 spiro atoms. The highest BCUT2D eigenvalue weighted by Gasteiger charge is 2.48. The average Bonchev–Trinajstić information content (AvgIpc) is 2.51. The van der Waals surface area contributed by atoms with Crippen LogP contribution in [0.3, 0.4) is 0 Å². The number of hydrogen-bond acceptors (Lipinski definition) is 0. The van der Waals surface area contributed by atoms with E-state index in [1.54, 1.807) is 36.4 Å². The minimum atomic E-state index is -4.27. The van der Waals surface area contributed by atoms with Crippen LogP contribution in [0.2, 0.25) is 5.02 Å². The van der Waals surface area contributed by atoms with Gasteiger partial charge >= 0.3 is 5.51 Å². The molecule has 0 N–H and O–H groups in total. The molecule has 0 saturated carbocycles. The van der Waals surface area contributed by atoms with Crippen LogP contribution in [0.4, 0.5) is 13.2 Å². The quantitative estimate of drug-likeness (QED) is 0.593. The van der Waals surface area contributed by atoms with E-state index < -0.39 is 16.0 Å². The van der Waals surface area contributed by atoms with E-state index in [-0.39, 0.29) is 4.70 Å². The van der Waals surface area contributed by atoms with E-state index in [9.17, 15) is 13.2 Å². The van der Waals surface area contributed by atoms with Crippen LogP contribution in [0.25, 0.3) is 15.7 Å². The Balaban J connectivity index is 2.35. The summed E-state index contributed by atoms with van der Waals surface area (Å²) >= 11 is 5.80. The molecule has 1 atom stereocenters. The monoisotopic (exact) mass is 287 g/mol. The van der Waals surface area contributed by atoms with Crippen molar-refractivity contribution in [2.45, 2.75) is 5.51 Å². The summed E-state index contributed by atoms with van der Waals surface area (Å²) in [4.78, 5) is 0.335. The predicted molar refractivity (Wildman–Crippen MR) is 69.9 cm³/mol. The van der Waals surface area contributed by atoms with Gasteiger partial charge in [0, 0.05) is 28.1 Å². The Morgan fingerprint density at radius 3 is 2.39 bits per heavy atom. The second kappa shape index (κ2) is 3.87. The van der Waals surface area contributed by atoms with Crippen molar-refractivity contribution in [3.05, 3.63) is 52.4 Å². The summed E-state index contributed by atoms with van der Waals surface area (Å²) < 4.78 is 39.9. The van der Waals surface area contributed by atoms with Gasteiger partial charge in [-0.1, -0.05) is 17.7 Å². The maximum atomic E-state index is 13.2. The molecule has 0 aliphatic heterocycles. The summed E-state index contributed by atoms with van der Waals surface area (Å²) in [6.45, 7) is 0. The molecule has 1 aliphatic rings. The van der Waals surface area contributed by atoms with Gasteiger partial charge in [0.25, 0.3) is 0 Å². The number of hydrogen-bond donors (Lipinski definition) is 0. The lowest BCUT2D eigenvalue weighted by atomic mass is 10.1. The number of halogens is 4. The van der Waals surface area contributed by atoms with E-state index in [4.69, 9.17) is 11.6 Å². The normalized spacial score (nSPS) is 15.8. The molecule has 0 radical (unpaired) electrons. The Kier molecular flexibility index (Phi) is 2.54. The van der Waals surface area contributed by atoms with Crippen molar-refractivity contribution in [1.82, 2.24) is 0 Å². The van der Waals surface area contributed by atoms with Gasteiger partial charge in [-0.15, -0.1) is 13.2 Å². The lowest BCUT2D eigenvalue weighted by molar-refractivity contribution is -0.0866. The molecule has 0 nitrogen and oxygen atoms in total. The topological polar surface area (TPSA) is 0 Å². The molecule has 92 valence electrons. The van der Waals surface area contributed by atoms with Crippen molar-refractivity contribution in [3.8, 4) is 0 Å². The molecule has 1 heterocycles. The van der Waals surface area contributed by atoms with Gasteiger partial charge in [-0.2, -0.15) is 0 Å². The van der Waals surface area contributed by atoms with Gasteiger partial charge in [-0.3, -0.25) is 0 Å². The van der Waals surface area contributed by atoms with Gasteiger partial charge in [0.05, 0.1) is 0 Å². The van der Waals surface area contributed by atoms with E-state index in [0.29, 0.717) is 20.9 Å². The molecule has 1 aromatic heterocycles. The predicted octanol–water partition coefficient (Wildman–Crippen LogP) is 5.67. The molecule has 1 aliphatic carbocycles. The van der Waals surface area contributed by atoms with Crippen LogP contribution in [0.15, 0.2) is 42.5 Å². The van der Waals surface area contributed by atoms with E-state index in [2.05, 4.69) is 0 Å². The van der Waals surface area contributed by atoms with Crippen LogP contribution >= 0.6 is 22.1 Å². The van der Waals surface area contributed by atoms with E-state index in [0.717, 1.165) is 0 Å². The Morgan fingerprint density at radius 1 is 1.11 bits per heavy atom. The number of alkyl halides is 3. The van der Waals surface area contributed by atoms with Gasteiger partial charge in [0.1, 0.15) is 10.5 Å². The Labute approximate surface area is 109 Å². The molecular formula is C13H7ClF3S+. The fraction of sp³-hybridized carbons (Fsp3) is 0.0769. The minimum Gasteiger partial charge on any atom is -0.118 e. The second-order valence-corrected chi connectivity index (χ2v) is 6.32. The lowest BCUT2D eigenvalue weighted by Gasteiger charge is -2.04. The third-order valence-corrected chi connectivity index (χ3v) is 5.05. The van der Waals surface area contributed by atoms with Crippen LogP contribution in [0.5, 0.6) is 0 Å². The first kappa shape index (κ1) is 11.8. The Hall–Kier alpha value is -1.26. The van der Waals surface area contributed by atoms with Crippen molar-refractivity contribution >= 4 is 37.7 Å². The minimum absolute atomic E-state index is 0.270. The summed E-state index contributed by atoms with van der Waals surface area (Å²) in [6, 6.07) is 6.28. The highest BCUT2D eigenvalue weighted by molar-refractivity contribution is 7.39. The van der Waals surface area contributed by atoms with Gasteiger partial charge in [0.2, 0.25) is 0 Å². The molecule has 2 aromatic rings. The van der Waals surface area contributed by atoms with Crippen LogP contribution in [-0.2, 0) is 5.51 Å². The summed E-state index contributed by atoms with van der Waals surface area (Å²) in [5.41, 5.74) is -3.62. The summed E-state index contributed by atoms with van der Waals surface area (Å²) in [6.07, 6.45) is 5.14. The molecular weight excluding hydrogens is 281 g/mol. The number of fused-ring (bicyclic) bond motifs is 1. The van der Waals surface area contributed by atoms with Crippen LogP contribution < -0.4 is 0 Å². The standard InChI is InChI=1S/C13H7ClF3S/c14-10-5-4-9-6-11(8-2-1-3-8)18(12(9)7-10)13(15,16)17/h1-7H/q+1. The molecule has 1 unspecified atom stereocenters. The highest BCUT2D eigenvalue weighted by Crippen LogP contribution is 2.54. The fourth-order valence-corrected chi connectivity index (χ4v) is 4.13. The Morgan fingerprint density at radius 2 is 1.83 bits per heavy atom. The molecule has 0 amide bonds. The summed E-state index contributed by atoms with van der Waals surface area (Å²) in [7, 11) is -1.89. The fourth-order valence-electron chi connectivity index (χ4n) is 1.93. The second-order valence-electron chi connectivity index (χ2n) is 3.92. The van der Waals surface area contributed by atoms with E-state index in [1.807, 2.05) is 0 Å². The van der Waals surface area contributed by atoms with Crippen LogP contribution in [0.1, 0.15) is 4.88 Å². The van der Waals surface area contributed by atoms with Crippen LogP contribution in [-0.4, -0.2) is 0 Å². The number of allylic oxidation sites excluding steroid dienone is 4. The summed E-state index contributed by atoms with van der Waals surface area (Å²) in [5, 5.41) is 0.944. The van der Waals surface area contributed by atoms with Gasteiger partial charge in [-0.25, -0.2) is 0 Å². The highest BCUT2D eigenvalue weighted by atomic mass is 35.5. The summed E-state index contributed by atoms with van der Waals surface area (Å²) in [5.74, 6) is 0. The molecule has 1 aromatic carbocycles. The molecule has 3 rings (SSSR count). The number of benzene rings is 1. The van der Waals surface area contributed by atoms with Crippen molar-refractivity contribution in [2.75, 3.05) is 0 Å². The lowest BCUT2D eigenvalue weighted by Crippen LogP contribution is -1.98. The van der Waals surface area contributed by atoms with Crippen LogP contribution in [0, 0.1) is 0 Å². The first-order valence-electron chi connectivity index (χ1n) is 5.18.